The first-order valence-corrected chi connectivity index (χ1v) is 6.96. The monoisotopic (exact) mass is 369 g/mol. The molecular weight excluding hydrogens is 361 g/mol. The van der Waals surface area contributed by atoms with Crippen molar-refractivity contribution in [3.8, 4) is 5.75 Å². The first-order valence-electron chi connectivity index (χ1n) is 6.58. The van der Waals surface area contributed by atoms with Crippen molar-refractivity contribution < 1.29 is 23.8 Å². The minimum absolute atomic E-state index is 0.0294. The SMILES string of the molecule is O=C(COc1cc(F)ccc1[N+](=O)[O-])Nc1cc([N+](=O)[O-])ccc1Cl. The van der Waals surface area contributed by atoms with Crippen LogP contribution in [0, 0.1) is 26.0 Å². The van der Waals surface area contributed by atoms with Crippen molar-refractivity contribution in [1.29, 1.82) is 0 Å². The predicted octanol–water partition coefficient (Wildman–Crippen LogP) is 3.31. The summed E-state index contributed by atoms with van der Waals surface area (Å²) >= 11 is 5.83. The first-order chi connectivity index (χ1) is 11.8. The van der Waals surface area contributed by atoms with Crippen LogP contribution in [0.25, 0.3) is 0 Å². The second-order valence-electron chi connectivity index (χ2n) is 4.63. The van der Waals surface area contributed by atoms with E-state index in [4.69, 9.17) is 16.3 Å². The number of carbonyl (C=O) groups is 1. The molecule has 0 heterocycles. The van der Waals surface area contributed by atoms with Crippen molar-refractivity contribution in [2.45, 2.75) is 0 Å². The number of ether oxygens (including phenoxy) is 1. The number of rotatable bonds is 6. The number of nitrogens with one attached hydrogen (secondary N) is 1. The molecule has 0 fully saturated rings. The Labute approximate surface area is 144 Å². The molecule has 0 radical (unpaired) electrons. The van der Waals surface area contributed by atoms with E-state index in [1.807, 2.05) is 0 Å². The number of non-ortho nitro benzene ring substituents is 1. The van der Waals surface area contributed by atoms with Gasteiger partial charge in [-0.05, 0) is 12.1 Å². The number of nitro benzene ring substituents is 2. The highest BCUT2D eigenvalue weighted by Crippen LogP contribution is 2.28. The minimum Gasteiger partial charge on any atom is -0.477 e. The van der Waals surface area contributed by atoms with Gasteiger partial charge in [0.15, 0.2) is 6.61 Å². The van der Waals surface area contributed by atoms with Gasteiger partial charge >= 0.3 is 5.69 Å². The lowest BCUT2D eigenvalue weighted by Crippen LogP contribution is -2.20. The van der Waals surface area contributed by atoms with E-state index < -0.39 is 39.6 Å². The van der Waals surface area contributed by atoms with Crippen LogP contribution in [-0.4, -0.2) is 22.4 Å². The van der Waals surface area contributed by atoms with Crippen LogP contribution in [0.2, 0.25) is 5.02 Å². The van der Waals surface area contributed by atoms with Crippen LogP contribution in [0.15, 0.2) is 36.4 Å². The van der Waals surface area contributed by atoms with Gasteiger partial charge in [-0.2, -0.15) is 0 Å². The summed E-state index contributed by atoms with van der Waals surface area (Å²) in [4.78, 5) is 32.0. The summed E-state index contributed by atoms with van der Waals surface area (Å²) < 4.78 is 18.1. The van der Waals surface area contributed by atoms with Gasteiger partial charge in [0.05, 0.1) is 20.6 Å². The molecule has 2 aromatic rings. The highest BCUT2D eigenvalue weighted by atomic mass is 35.5. The maximum atomic E-state index is 13.2. The summed E-state index contributed by atoms with van der Waals surface area (Å²) in [5.41, 5.74) is -0.831. The van der Waals surface area contributed by atoms with E-state index in [-0.39, 0.29) is 16.4 Å². The van der Waals surface area contributed by atoms with Crippen molar-refractivity contribution in [3.63, 3.8) is 0 Å². The molecule has 0 aromatic heterocycles. The van der Waals surface area contributed by atoms with Gasteiger partial charge < -0.3 is 10.1 Å². The zero-order valence-corrected chi connectivity index (χ0v) is 13.0. The zero-order valence-electron chi connectivity index (χ0n) is 12.3. The molecule has 0 saturated carbocycles. The summed E-state index contributed by atoms with van der Waals surface area (Å²) in [6.07, 6.45) is 0. The first kappa shape index (κ1) is 18.1. The molecule has 0 aliphatic carbocycles. The van der Waals surface area contributed by atoms with Gasteiger partial charge in [0.2, 0.25) is 5.75 Å². The molecule has 2 rings (SSSR count). The Balaban J connectivity index is 2.09. The summed E-state index contributed by atoms with van der Waals surface area (Å²) in [6, 6.07) is 5.99. The largest absolute Gasteiger partial charge is 0.477 e. The number of benzene rings is 2. The second kappa shape index (κ2) is 7.53. The van der Waals surface area contributed by atoms with E-state index in [1.54, 1.807) is 0 Å². The fourth-order valence-electron chi connectivity index (χ4n) is 1.81. The molecular formula is C14H9ClFN3O6. The van der Waals surface area contributed by atoms with Gasteiger partial charge in [0.25, 0.3) is 11.6 Å². The third-order valence-corrected chi connectivity index (χ3v) is 3.24. The molecule has 9 nitrogen and oxygen atoms in total. The third-order valence-electron chi connectivity index (χ3n) is 2.91. The molecule has 2 aromatic carbocycles. The van der Waals surface area contributed by atoms with Crippen LogP contribution in [0.5, 0.6) is 5.75 Å². The quantitative estimate of drug-likeness (QED) is 0.615. The summed E-state index contributed by atoms with van der Waals surface area (Å²) in [7, 11) is 0. The number of halogens is 2. The van der Waals surface area contributed by atoms with Crippen molar-refractivity contribution in [2.75, 3.05) is 11.9 Å². The molecule has 0 saturated heterocycles. The topological polar surface area (TPSA) is 125 Å². The summed E-state index contributed by atoms with van der Waals surface area (Å²) in [5.74, 6) is -1.99. The van der Waals surface area contributed by atoms with Crippen molar-refractivity contribution >= 4 is 34.6 Å². The molecule has 0 aliphatic heterocycles. The Morgan fingerprint density at radius 3 is 2.52 bits per heavy atom. The van der Waals surface area contributed by atoms with Gasteiger partial charge in [-0.15, -0.1) is 0 Å². The molecule has 130 valence electrons. The van der Waals surface area contributed by atoms with Gasteiger partial charge in [0, 0.05) is 24.3 Å². The van der Waals surface area contributed by atoms with E-state index in [0.717, 1.165) is 30.3 Å². The van der Waals surface area contributed by atoms with E-state index in [0.29, 0.717) is 0 Å². The Kier molecular flexibility index (Phi) is 5.45. The highest BCUT2D eigenvalue weighted by Gasteiger charge is 2.18. The van der Waals surface area contributed by atoms with E-state index >= 15 is 0 Å². The Hall–Kier alpha value is -3.27. The Morgan fingerprint density at radius 1 is 1.16 bits per heavy atom. The van der Waals surface area contributed by atoms with E-state index in [9.17, 15) is 29.4 Å². The van der Waals surface area contributed by atoms with Crippen LogP contribution < -0.4 is 10.1 Å². The predicted molar refractivity (Wildman–Crippen MR) is 85.3 cm³/mol. The zero-order chi connectivity index (χ0) is 18.6. The second-order valence-corrected chi connectivity index (χ2v) is 5.03. The van der Waals surface area contributed by atoms with Crippen LogP contribution in [-0.2, 0) is 4.79 Å². The number of hydrogen-bond acceptors (Lipinski definition) is 6. The lowest BCUT2D eigenvalue weighted by molar-refractivity contribution is -0.385. The van der Waals surface area contributed by atoms with Gasteiger partial charge in [-0.1, -0.05) is 11.6 Å². The maximum Gasteiger partial charge on any atom is 0.311 e. The molecule has 0 bridgehead atoms. The number of amides is 1. The third kappa shape index (κ3) is 4.61. The standard InChI is InChI=1S/C14H9ClFN3O6/c15-10-3-2-9(18(21)22)6-11(10)17-14(20)7-25-13-5-8(16)1-4-12(13)19(23)24/h1-6H,7H2,(H,17,20). The fraction of sp³-hybridized carbons (Fsp3) is 0.0714. The molecule has 1 N–H and O–H groups in total. The van der Waals surface area contributed by atoms with Crippen molar-refractivity contribution in [3.05, 3.63) is 67.5 Å². The number of anilines is 1. The molecule has 25 heavy (non-hydrogen) atoms. The van der Waals surface area contributed by atoms with Gasteiger partial charge in [-0.3, -0.25) is 25.0 Å². The number of nitrogens with zero attached hydrogens (tertiary/aromatic N) is 2. The van der Waals surface area contributed by atoms with Gasteiger partial charge in [-0.25, -0.2) is 4.39 Å². The van der Waals surface area contributed by atoms with E-state index in [2.05, 4.69) is 5.32 Å². The lowest BCUT2D eigenvalue weighted by atomic mass is 10.2. The maximum absolute atomic E-state index is 13.2. The number of carbonyl (C=O) groups excluding carboxylic acids is 1. The Bertz CT molecular complexity index is 860. The summed E-state index contributed by atoms with van der Waals surface area (Å²) in [5, 5.41) is 23.9. The van der Waals surface area contributed by atoms with Crippen LogP contribution in [0.3, 0.4) is 0 Å². The molecule has 0 atom stereocenters. The average Bonchev–Trinajstić information content (AvgIpc) is 2.54. The molecule has 0 unspecified atom stereocenters. The Morgan fingerprint density at radius 2 is 1.88 bits per heavy atom. The highest BCUT2D eigenvalue weighted by molar-refractivity contribution is 6.33. The van der Waals surface area contributed by atoms with E-state index in [1.165, 1.54) is 6.07 Å². The molecule has 1 amide bonds. The van der Waals surface area contributed by atoms with Crippen LogP contribution >= 0.6 is 11.6 Å². The van der Waals surface area contributed by atoms with Crippen molar-refractivity contribution in [2.24, 2.45) is 0 Å². The minimum atomic E-state index is -0.791. The normalized spacial score (nSPS) is 10.2. The molecule has 0 aliphatic rings. The number of hydrogen-bond donors (Lipinski definition) is 1. The average molecular weight is 370 g/mol. The smallest absolute Gasteiger partial charge is 0.311 e. The number of nitro groups is 2. The van der Waals surface area contributed by atoms with Crippen LogP contribution in [0.4, 0.5) is 21.5 Å². The van der Waals surface area contributed by atoms with Crippen molar-refractivity contribution in [1.82, 2.24) is 0 Å². The van der Waals surface area contributed by atoms with Gasteiger partial charge in [0.1, 0.15) is 5.82 Å². The fourth-order valence-corrected chi connectivity index (χ4v) is 1.97. The molecule has 11 heteroatoms. The van der Waals surface area contributed by atoms with Crippen LogP contribution in [0.1, 0.15) is 0 Å². The summed E-state index contributed by atoms with van der Waals surface area (Å²) in [6.45, 7) is -0.691. The lowest BCUT2D eigenvalue weighted by Gasteiger charge is -2.09. The molecule has 0 spiro atoms.